The van der Waals surface area contributed by atoms with Gasteiger partial charge in [0.2, 0.25) is 0 Å². The molecule has 224 valence electrons. The van der Waals surface area contributed by atoms with Gasteiger partial charge in [-0.2, -0.15) is 13.2 Å². The molecule has 6 heteroatoms. The van der Waals surface area contributed by atoms with Crippen LogP contribution in [-0.4, -0.2) is 13.0 Å². The molecule has 0 aliphatic heterocycles. The van der Waals surface area contributed by atoms with Crippen molar-refractivity contribution in [3.8, 4) is 0 Å². The summed E-state index contributed by atoms with van der Waals surface area (Å²) < 4.78 is 36.8. The van der Waals surface area contributed by atoms with E-state index in [4.69, 9.17) is 28.0 Å². The third-order valence-corrected chi connectivity index (χ3v) is 6.85. The molecule has 0 aromatic heterocycles. The number of hydrogen-bond donors (Lipinski definition) is 0. The SMILES string of the molecule is C=C.C=C(CCc1ccc(CCCC)cc1)C(F)(F)F.C=O.CCCCC(c1ccc(Cl)cc1)c1ccc(Cl)cc1. The molecule has 41 heavy (non-hydrogen) atoms. The predicted octanol–water partition coefficient (Wildman–Crippen LogP) is 12.0. The number of benzene rings is 3. The second-order valence-electron chi connectivity index (χ2n) is 9.32. The summed E-state index contributed by atoms with van der Waals surface area (Å²) in [5.74, 6) is 0.425. The van der Waals surface area contributed by atoms with Crippen LogP contribution < -0.4 is 0 Å². The molecule has 0 fully saturated rings. The first-order valence-electron chi connectivity index (χ1n) is 13.8. The van der Waals surface area contributed by atoms with E-state index in [-0.39, 0.29) is 6.42 Å². The van der Waals surface area contributed by atoms with Gasteiger partial charge in [0.1, 0.15) is 6.79 Å². The molecule has 0 saturated carbocycles. The summed E-state index contributed by atoms with van der Waals surface area (Å²) in [6, 6.07) is 24.2. The van der Waals surface area contributed by atoms with Crippen molar-refractivity contribution in [3.63, 3.8) is 0 Å². The molecule has 3 aromatic rings. The van der Waals surface area contributed by atoms with Gasteiger partial charge in [0.25, 0.3) is 0 Å². The Morgan fingerprint density at radius 2 is 1.10 bits per heavy atom. The number of allylic oxidation sites excluding steroid dienone is 1. The summed E-state index contributed by atoms with van der Waals surface area (Å²) in [6.45, 7) is 15.4. The van der Waals surface area contributed by atoms with Gasteiger partial charge >= 0.3 is 6.18 Å². The van der Waals surface area contributed by atoms with Crippen molar-refractivity contribution in [2.75, 3.05) is 0 Å². The molecule has 0 aliphatic carbocycles. The minimum atomic E-state index is -4.26. The fourth-order valence-corrected chi connectivity index (χ4v) is 4.27. The van der Waals surface area contributed by atoms with Crippen LogP contribution in [0.4, 0.5) is 13.2 Å². The lowest BCUT2D eigenvalue weighted by Gasteiger charge is -2.18. The smallest absolute Gasteiger partial charge is 0.307 e. The van der Waals surface area contributed by atoms with Crippen LogP contribution in [0.1, 0.15) is 80.5 Å². The van der Waals surface area contributed by atoms with Gasteiger partial charge in [0, 0.05) is 21.5 Å². The number of unbranched alkanes of at least 4 members (excludes halogenated alkanes) is 2. The number of rotatable bonds is 11. The lowest BCUT2D eigenvalue weighted by atomic mass is 9.87. The molecule has 0 atom stereocenters. The third kappa shape index (κ3) is 15.7. The van der Waals surface area contributed by atoms with E-state index in [1.807, 2.05) is 55.3 Å². The van der Waals surface area contributed by atoms with Crippen LogP contribution in [0, 0.1) is 0 Å². The molecule has 1 nitrogen and oxygen atoms in total. The largest absolute Gasteiger partial charge is 0.412 e. The molecule has 3 rings (SSSR count). The van der Waals surface area contributed by atoms with Crippen molar-refractivity contribution in [1.29, 1.82) is 0 Å². The van der Waals surface area contributed by atoms with E-state index in [9.17, 15) is 13.2 Å². The lowest BCUT2D eigenvalue weighted by Crippen LogP contribution is -2.11. The van der Waals surface area contributed by atoms with Crippen LogP contribution >= 0.6 is 23.2 Å². The third-order valence-electron chi connectivity index (χ3n) is 6.35. The Kier molecular flexibility index (Phi) is 20.4. The first-order chi connectivity index (χ1) is 19.6. The average Bonchev–Trinajstić information content (AvgIpc) is 2.99. The Morgan fingerprint density at radius 3 is 1.46 bits per heavy atom. The van der Waals surface area contributed by atoms with Gasteiger partial charge in [-0.15, -0.1) is 13.2 Å². The topological polar surface area (TPSA) is 17.1 Å². The summed E-state index contributed by atoms with van der Waals surface area (Å²) in [7, 11) is 0. The molecule has 0 radical (unpaired) electrons. The van der Waals surface area contributed by atoms with Gasteiger partial charge in [0.05, 0.1) is 0 Å². The van der Waals surface area contributed by atoms with Gasteiger partial charge in [-0.3, -0.25) is 0 Å². The summed E-state index contributed by atoms with van der Waals surface area (Å²) in [5.41, 5.74) is 4.16. The van der Waals surface area contributed by atoms with Gasteiger partial charge < -0.3 is 4.79 Å². The van der Waals surface area contributed by atoms with E-state index >= 15 is 0 Å². The fourth-order valence-electron chi connectivity index (χ4n) is 4.01. The van der Waals surface area contributed by atoms with Crippen molar-refractivity contribution < 1.29 is 18.0 Å². The second-order valence-corrected chi connectivity index (χ2v) is 10.2. The Balaban J connectivity index is 0.000000697. The molecule has 0 spiro atoms. The molecular weight excluding hydrogens is 564 g/mol. The molecule has 0 aliphatic rings. The van der Waals surface area contributed by atoms with Crippen LogP contribution in [0.3, 0.4) is 0 Å². The van der Waals surface area contributed by atoms with Crippen LogP contribution in [0.25, 0.3) is 0 Å². The Bertz CT molecular complexity index is 1040. The number of carbonyl (C=O) groups is 1. The Morgan fingerprint density at radius 1 is 0.707 bits per heavy atom. The summed E-state index contributed by atoms with van der Waals surface area (Å²) in [5, 5.41) is 1.57. The molecule has 0 bridgehead atoms. The summed E-state index contributed by atoms with van der Waals surface area (Å²) in [6.07, 6.45) is 3.00. The monoisotopic (exact) mass is 606 g/mol. The number of aryl methyl sites for hydroxylation is 2. The van der Waals surface area contributed by atoms with Crippen LogP contribution in [-0.2, 0) is 17.6 Å². The Hall–Kier alpha value is -2.82. The zero-order chi connectivity index (χ0) is 31.3. The fraction of sp³-hybridized carbons (Fsp3) is 0.343. The van der Waals surface area contributed by atoms with E-state index in [2.05, 4.69) is 57.8 Å². The minimum Gasteiger partial charge on any atom is -0.307 e. The van der Waals surface area contributed by atoms with Gasteiger partial charge in [0.15, 0.2) is 0 Å². The number of hydrogen-bond acceptors (Lipinski definition) is 1. The second kappa shape index (κ2) is 21.9. The highest BCUT2D eigenvalue weighted by molar-refractivity contribution is 6.30. The van der Waals surface area contributed by atoms with Crippen LogP contribution in [0.5, 0.6) is 0 Å². The van der Waals surface area contributed by atoms with E-state index in [0.29, 0.717) is 12.3 Å². The molecule has 0 amide bonds. The van der Waals surface area contributed by atoms with Crippen LogP contribution in [0.15, 0.2) is 98.1 Å². The van der Waals surface area contributed by atoms with Gasteiger partial charge in [-0.25, -0.2) is 0 Å². The molecule has 0 unspecified atom stereocenters. The highest BCUT2D eigenvalue weighted by atomic mass is 35.5. The number of carbonyl (C=O) groups excluding carboxylic acids is 1. The zero-order valence-corrected chi connectivity index (χ0v) is 25.8. The van der Waals surface area contributed by atoms with Crippen molar-refractivity contribution in [3.05, 3.63) is 130 Å². The molecular formula is C35H43Cl2F3O. The van der Waals surface area contributed by atoms with Crippen molar-refractivity contribution in [1.82, 2.24) is 0 Å². The van der Waals surface area contributed by atoms with E-state index < -0.39 is 11.7 Å². The van der Waals surface area contributed by atoms with Crippen molar-refractivity contribution in [2.45, 2.75) is 77.3 Å². The highest BCUT2D eigenvalue weighted by Gasteiger charge is 2.30. The summed E-state index contributed by atoms with van der Waals surface area (Å²) >= 11 is 11.9. The van der Waals surface area contributed by atoms with E-state index in [0.717, 1.165) is 41.3 Å². The van der Waals surface area contributed by atoms with Gasteiger partial charge in [-0.1, -0.05) is 111 Å². The summed E-state index contributed by atoms with van der Waals surface area (Å²) in [4.78, 5) is 8.00. The maximum absolute atomic E-state index is 12.3. The van der Waals surface area contributed by atoms with E-state index in [1.54, 1.807) is 0 Å². The maximum Gasteiger partial charge on any atom is 0.412 e. The molecule has 3 aromatic carbocycles. The van der Waals surface area contributed by atoms with Crippen molar-refractivity contribution in [2.24, 2.45) is 0 Å². The van der Waals surface area contributed by atoms with E-state index in [1.165, 1.54) is 29.5 Å². The van der Waals surface area contributed by atoms with Gasteiger partial charge in [-0.05, 0) is 78.6 Å². The Labute approximate surface area is 255 Å². The average molecular weight is 608 g/mol. The molecule has 0 saturated heterocycles. The quantitative estimate of drug-likeness (QED) is 0.198. The lowest BCUT2D eigenvalue weighted by molar-refractivity contribution is -0.0981. The zero-order valence-electron chi connectivity index (χ0n) is 24.3. The normalized spacial score (nSPS) is 10.3. The van der Waals surface area contributed by atoms with Crippen molar-refractivity contribution >= 4 is 30.0 Å². The molecule has 0 heterocycles. The van der Waals surface area contributed by atoms with Crippen LogP contribution in [0.2, 0.25) is 10.0 Å². The maximum atomic E-state index is 12.3. The standard InChI is InChI=1S/C17H18Cl2.C15H19F3.C2H4.CH2O/c1-2-3-4-17(13-5-9-15(18)10-6-13)14-7-11-16(19)12-8-14;1-3-4-5-13-8-10-14(11-9-13)7-6-12(2)15(16,17)18;2*1-2/h5-12,17H,2-4H2,1H3;8-11H,2-7H2,1H3;1-2H2;1H2. The number of halogens is 5. The first-order valence-corrected chi connectivity index (χ1v) is 14.5. The first kappa shape index (κ1) is 38.2. The number of alkyl halides is 3. The minimum absolute atomic E-state index is 0.0300. The highest BCUT2D eigenvalue weighted by Crippen LogP contribution is 2.31. The predicted molar refractivity (Wildman–Crippen MR) is 171 cm³/mol. The molecule has 0 N–H and O–H groups in total.